The quantitative estimate of drug-likeness (QED) is 0.283. The summed E-state index contributed by atoms with van der Waals surface area (Å²) in [4.78, 5) is 19.3. The van der Waals surface area contributed by atoms with Gasteiger partial charge in [0.1, 0.15) is 0 Å². The largest absolute Gasteiger partial charge is 0.357 e. The molecule has 2 aliphatic rings. The van der Waals surface area contributed by atoms with Gasteiger partial charge in [0, 0.05) is 38.1 Å². The van der Waals surface area contributed by atoms with Crippen molar-refractivity contribution < 1.29 is 4.79 Å². The lowest BCUT2D eigenvalue weighted by atomic mass is 9.88. The van der Waals surface area contributed by atoms with Crippen LogP contribution in [-0.2, 0) is 4.79 Å². The molecule has 2 rings (SSSR count). The van der Waals surface area contributed by atoms with Crippen LogP contribution in [0.25, 0.3) is 0 Å². The molecule has 1 saturated carbocycles. The molecule has 6 heteroatoms. The number of rotatable bonds is 6. The van der Waals surface area contributed by atoms with Gasteiger partial charge in [-0.2, -0.15) is 0 Å². The van der Waals surface area contributed by atoms with Crippen LogP contribution in [0, 0.1) is 5.92 Å². The molecule has 1 heterocycles. The van der Waals surface area contributed by atoms with E-state index in [2.05, 4.69) is 34.4 Å². The molecule has 1 aliphatic carbocycles. The molecule has 1 saturated heterocycles. The molecule has 2 fully saturated rings. The van der Waals surface area contributed by atoms with Gasteiger partial charge in [0.15, 0.2) is 5.96 Å². The molecule has 5 nitrogen and oxygen atoms in total. The maximum absolute atomic E-state index is 12.6. The lowest BCUT2D eigenvalue weighted by Gasteiger charge is -2.26. The highest BCUT2D eigenvalue weighted by atomic mass is 127. The van der Waals surface area contributed by atoms with Crippen LogP contribution in [0.15, 0.2) is 4.99 Å². The molecular weight excluding hydrogens is 415 g/mol. The molecule has 1 aliphatic heterocycles. The fraction of sp³-hybridized carbons (Fsp3) is 0.889. The van der Waals surface area contributed by atoms with Gasteiger partial charge in [0.2, 0.25) is 5.91 Å². The maximum Gasteiger partial charge on any atom is 0.225 e. The van der Waals surface area contributed by atoms with Crippen LogP contribution < -0.4 is 10.6 Å². The Morgan fingerprint density at radius 3 is 2.58 bits per heavy atom. The predicted octanol–water partition coefficient (Wildman–Crippen LogP) is 3.14. The number of aliphatic imine (C=N–C) groups is 1. The number of hydrogen-bond acceptors (Lipinski definition) is 2. The third-order valence-electron chi connectivity index (χ3n) is 4.92. The Morgan fingerprint density at radius 1 is 1.17 bits per heavy atom. The molecule has 0 aromatic rings. The first-order valence-electron chi connectivity index (χ1n) is 9.58. The van der Waals surface area contributed by atoms with Gasteiger partial charge in [-0.05, 0) is 32.6 Å². The Hall–Kier alpha value is -0.530. The van der Waals surface area contributed by atoms with Crippen molar-refractivity contribution >= 4 is 35.8 Å². The van der Waals surface area contributed by atoms with Crippen molar-refractivity contribution in [2.45, 2.75) is 71.3 Å². The zero-order chi connectivity index (χ0) is 16.5. The summed E-state index contributed by atoms with van der Waals surface area (Å²) in [5.74, 6) is 1.58. The Labute approximate surface area is 164 Å². The van der Waals surface area contributed by atoms with E-state index in [0.29, 0.717) is 11.9 Å². The zero-order valence-electron chi connectivity index (χ0n) is 15.4. The first-order chi connectivity index (χ1) is 11.2. The highest BCUT2D eigenvalue weighted by molar-refractivity contribution is 14.0. The van der Waals surface area contributed by atoms with Crippen molar-refractivity contribution in [3.8, 4) is 0 Å². The molecule has 0 aromatic carbocycles. The van der Waals surface area contributed by atoms with Crippen molar-refractivity contribution in [1.29, 1.82) is 0 Å². The van der Waals surface area contributed by atoms with E-state index in [1.54, 1.807) is 0 Å². The normalized spacial score (nSPS) is 22.2. The number of nitrogens with one attached hydrogen (secondary N) is 2. The van der Waals surface area contributed by atoms with Crippen LogP contribution >= 0.6 is 24.0 Å². The van der Waals surface area contributed by atoms with Crippen LogP contribution in [0.2, 0.25) is 0 Å². The minimum Gasteiger partial charge on any atom is -0.357 e. The fourth-order valence-corrected chi connectivity index (χ4v) is 3.55. The van der Waals surface area contributed by atoms with Gasteiger partial charge >= 0.3 is 0 Å². The van der Waals surface area contributed by atoms with Crippen LogP contribution in [0.3, 0.4) is 0 Å². The van der Waals surface area contributed by atoms with Crippen molar-refractivity contribution in [2.24, 2.45) is 10.9 Å². The van der Waals surface area contributed by atoms with E-state index < -0.39 is 0 Å². The molecule has 0 bridgehead atoms. The number of carbonyl (C=O) groups excluding carboxylic acids is 1. The zero-order valence-corrected chi connectivity index (χ0v) is 17.7. The third kappa shape index (κ3) is 6.76. The Balaban J connectivity index is 0.00000288. The minimum absolute atomic E-state index is 0. The Bertz CT molecular complexity index is 396. The molecule has 140 valence electrons. The summed E-state index contributed by atoms with van der Waals surface area (Å²) in [7, 11) is 0. The number of nitrogens with zero attached hydrogens (tertiary/aromatic N) is 2. The van der Waals surface area contributed by atoms with Gasteiger partial charge in [-0.25, -0.2) is 0 Å². The van der Waals surface area contributed by atoms with Gasteiger partial charge in [-0.15, -0.1) is 24.0 Å². The van der Waals surface area contributed by atoms with E-state index in [9.17, 15) is 4.79 Å². The van der Waals surface area contributed by atoms with E-state index in [4.69, 9.17) is 0 Å². The topological polar surface area (TPSA) is 56.7 Å². The summed E-state index contributed by atoms with van der Waals surface area (Å²) < 4.78 is 0. The van der Waals surface area contributed by atoms with Crippen LogP contribution in [0.1, 0.15) is 65.2 Å². The lowest BCUT2D eigenvalue weighted by Crippen LogP contribution is -2.45. The van der Waals surface area contributed by atoms with Gasteiger partial charge < -0.3 is 15.5 Å². The molecule has 0 radical (unpaired) electrons. The molecule has 2 N–H and O–H groups in total. The van der Waals surface area contributed by atoms with Crippen LogP contribution in [0.5, 0.6) is 0 Å². The second kappa shape index (κ2) is 11.9. The number of halogens is 1. The summed E-state index contributed by atoms with van der Waals surface area (Å²) in [5.41, 5.74) is 0. The fourth-order valence-electron chi connectivity index (χ4n) is 3.55. The van der Waals surface area contributed by atoms with Crippen LogP contribution in [0.4, 0.5) is 0 Å². The van der Waals surface area contributed by atoms with Crippen LogP contribution in [-0.4, -0.2) is 49.0 Å². The summed E-state index contributed by atoms with van der Waals surface area (Å²) in [6, 6.07) is 0.335. The minimum atomic E-state index is 0. The van der Waals surface area contributed by atoms with Gasteiger partial charge in [-0.3, -0.25) is 9.79 Å². The lowest BCUT2D eigenvalue weighted by molar-refractivity contribution is -0.135. The SMILES string of the molecule is CCCCN=C(NCC)NC1CCN(C(=O)C2CCCCC2)C1.I. The monoisotopic (exact) mass is 450 g/mol. The number of guanidine groups is 1. The van der Waals surface area contributed by atoms with E-state index in [0.717, 1.165) is 64.2 Å². The predicted molar refractivity (Wildman–Crippen MR) is 111 cm³/mol. The average molecular weight is 450 g/mol. The maximum atomic E-state index is 12.6. The van der Waals surface area contributed by atoms with Crippen molar-refractivity contribution in [2.75, 3.05) is 26.2 Å². The van der Waals surface area contributed by atoms with Crippen molar-refractivity contribution in [1.82, 2.24) is 15.5 Å². The molecular formula is C18H35IN4O. The van der Waals surface area contributed by atoms with E-state index >= 15 is 0 Å². The second-order valence-electron chi connectivity index (χ2n) is 6.86. The van der Waals surface area contributed by atoms with Gasteiger partial charge in [0.05, 0.1) is 0 Å². The number of hydrogen-bond donors (Lipinski definition) is 2. The number of carbonyl (C=O) groups is 1. The van der Waals surface area contributed by atoms with E-state index in [-0.39, 0.29) is 29.9 Å². The van der Waals surface area contributed by atoms with Crippen molar-refractivity contribution in [3.05, 3.63) is 0 Å². The first-order valence-corrected chi connectivity index (χ1v) is 9.58. The molecule has 0 spiro atoms. The van der Waals surface area contributed by atoms with E-state index in [1.807, 2.05) is 0 Å². The standard InChI is InChI=1S/C18H34N4O.HI/c1-3-5-12-20-18(19-4-2)21-16-11-13-22(14-16)17(23)15-9-7-6-8-10-15;/h15-16H,3-14H2,1-2H3,(H2,19,20,21);1H. The van der Waals surface area contributed by atoms with Crippen molar-refractivity contribution in [3.63, 3.8) is 0 Å². The summed E-state index contributed by atoms with van der Waals surface area (Å²) in [6.45, 7) is 7.72. The highest BCUT2D eigenvalue weighted by Crippen LogP contribution is 2.26. The Morgan fingerprint density at radius 2 is 1.92 bits per heavy atom. The summed E-state index contributed by atoms with van der Waals surface area (Å²) >= 11 is 0. The molecule has 1 atom stereocenters. The number of unbranched alkanes of at least 4 members (excludes halogenated alkanes) is 1. The first kappa shape index (κ1) is 21.5. The second-order valence-corrected chi connectivity index (χ2v) is 6.86. The highest BCUT2D eigenvalue weighted by Gasteiger charge is 2.31. The molecule has 0 aromatic heterocycles. The number of amides is 1. The summed E-state index contributed by atoms with van der Waals surface area (Å²) in [6.07, 6.45) is 9.23. The molecule has 24 heavy (non-hydrogen) atoms. The molecule has 1 amide bonds. The average Bonchev–Trinajstić information content (AvgIpc) is 3.04. The Kier molecular flexibility index (Phi) is 10.7. The van der Waals surface area contributed by atoms with E-state index in [1.165, 1.54) is 19.3 Å². The van der Waals surface area contributed by atoms with Gasteiger partial charge in [0.25, 0.3) is 0 Å². The number of likely N-dealkylation sites (tertiary alicyclic amines) is 1. The summed E-state index contributed by atoms with van der Waals surface area (Å²) in [5, 5.41) is 6.82. The molecule has 1 unspecified atom stereocenters. The third-order valence-corrected chi connectivity index (χ3v) is 4.92. The smallest absolute Gasteiger partial charge is 0.225 e. The van der Waals surface area contributed by atoms with Gasteiger partial charge in [-0.1, -0.05) is 32.6 Å².